The van der Waals surface area contributed by atoms with Gasteiger partial charge in [-0.05, 0) is 24.8 Å². The molecule has 0 aromatic carbocycles. The van der Waals surface area contributed by atoms with E-state index in [0.717, 1.165) is 18.7 Å². The monoisotopic (exact) mass is 331 g/mol. The van der Waals surface area contributed by atoms with Crippen LogP contribution in [0.5, 0.6) is 0 Å². The molecule has 0 bridgehead atoms. The summed E-state index contributed by atoms with van der Waals surface area (Å²) in [6, 6.07) is 0.0785. The molecule has 2 N–H and O–H groups in total. The average Bonchev–Trinajstić information content (AvgIpc) is 2.77. The largest absolute Gasteiger partial charge is 0.392 e. The van der Waals surface area contributed by atoms with Crippen LogP contribution in [-0.4, -0.2) is 52.9 Å². The Kier molecular flexibility index (Phi) is 5.01. The lowest BCUT2D eigenvalue weighted by Crippen LogP contribution is -2.53. The van der Waals surface area contributed by atoms with Crippen molar-refractivity contribution in [3.05, 3.63) is 20.8 Å². The van der Waals surface area contributed by atoms with E-state index >= 15 is 0 Å². The minimum Gasteiger partial charge on any atom is -0.392 e. The second-order valence-corrected chi connectivity index (χ2v) is 6.70. The summed E-state index contributed by atoms with van der Waals surface area (Å²) in [5.74, 6) is 0.0238. The molecule has 1 aliphatic rings. The highest BCUT2D eigenvalue weighted by Gasteiger charge is 2.27. The van der Waals surface area contributed by atoms with E-state index in [-0.39, 0.29) is 11.9 Å². The van der Waals surface area contributed by atoms with Crippen LogP contribution in [0, 0.1) is 6.92 Å². The number of carbonyl (C=O) groups is 1. The highest BCUT2D eigenvalue weighted by molar-refractivity contribution is 7.80. The Morgan fingerprint density at radius 2 is 2.05 bits per heavy atom. The highest BCUT2D eigenvalue weighted by atomic mass is 35.5. The fourth-order valence-corrected chi connectivity index (χ4v) is 3.60. The number of nitrogens with two attached hydrogens (primary N) is 1. The van der Waals surface area contributed by atoms with Gasteiger partial charge in [0.15, 0.2) is 0 Å². The van der Waals surface area contributed by atoms with Crippen molar-refractivity contribution >= 4 is 46.1 Å². The van der Waals surface area contributed by atoms with Crippen molar-refractivity contribution in [2.75, 3.05) is 26.2 Å². The fraction of sp³-hybridized carbons (Fsp3) is 0.538. The molecule has 1 saturated heterocycles. The summed E-state index contributed by atoms with van der Waals surface area (Å²) in [6.07, 6.45) is 0. The van der Waals surface area contributed by atoms with Gasteiger partial charge >= 0.3 is 0 Å². The van der Waals surface area contributed by atoms with Gasteiger partial charge in [-0.25, -0.2) is 0 Å². The van der Waals surface area contributed by atoms with Crippen molar-refractivity contribution in [2.45, 2.75) is 19.9 Å². The summed E-state index contributed by atoms with van der Waals surface area (Å²) in [4.78, 5) is 17.6. The lowest BCUT2D eigenvalue weighted by molar-refractivity contribution is 0.0626. The molecule has 110 valence electrons. The summed E-state index contributed by atoms with van der Waals surface area (Å²) < 4.78 is 0. The van der Waals surface area contributed by atoms with Crippen LogP contribution in [0.3, 0.4) is 0 Å². The van der Waals surface area contributed by atoms with E-state index in [0.29, 0.717) is 28.0 Å². The SMILES string of the molecule is Cc1csc(C(=O)N2CCN(C(C)C(N)=S)CC2)c1Cl. The summed E-state index contributed by atoms with van der Waals surface area (Å²) in [5, 5.41) is 2.50. The zero-order chi connectivity index (χ0) is 14.9. The molecule has 0 aliphatic carbocycles. The molecular weight excluding hydrogens is 314 g/mol. The molecular formula is C13H18ClN3OS2. The first-order chi connectivity index (χ1) is 9.41. The van der Waals surface area contributed by atoms with Crippen LogP contribution in [0.2, 0.25) is 5.02 Å². The van der Waals surface area contributed by atoms with Gasteiger partial charge in [-0.15, -0.1) is 11.3 Å². The Balaban J connectivity index is 1.99. The van der Waals surface area contributed by atoms with E-state index in [9.17, 15) is 4.79 Å². The molecule has 0 spiro atoms. The lowest BCUT2D eigenvalue weighted by Gasteiger charge is -2.37. The molecule has 0 saturated carbocycles. The molecule has 1 unspecified atom stereocenters. The zero-order valence-electron chi connectivity index (χ0n) is 11.6. The van der Waals surface area contributed by atoms with Gasteiger partial charge in [-0.3, -0.25) is 9.69 Å². The molecule has 4 nitrogen and oxygen atoms in total. The minimum atomic E-state index is 0.0238. The van der Waals surface area contributed by atoms with Crippen LogP contribution in [0.4, 0.5) is 0 Å². The molecule has 1 amide bonds. The van der Waals surface area contributed by atoms with Crippen molar-refractivity contribution in [3.63, 3.8) is 0 Å². The molecule has 7 heteroatoms. The molecule has 1 atom stereocenters. The van der Waals surface area contributed by atoms with E-state index in [1.807, 2.05) is 24.1 Å². The number of carbonyl (C=O) groups excluding carboxylic acids is 1. The number of amides is 1. The Morgan fingerprint density at radius 3 is 2.50 bits per heavy atom. The third kappa shape index (κ3) is 3.14. The molecule has 1 fully saturated rings. The second kappa shape index (κ2) is 6.39. The van der Waals surface area contributed by atoms with E-state index in [1.54, 1.807) is 0 Å². The first-order valence-corrected chi connectivity index (χ1v) is 8.14. The number of nitrogens with zero attached hydrogens (tertiary/aromatic N) is 2. The predicted molar refractivity (Wildman–Crippen MR) is 87.8 cm³/mol. The number of aryl methyl sites for hydroxylation is 1. The van der Waals surface area contributed by atoms with Gasteiger partial charge < -0.3 is 10.6 Å². The summed E-state index contributed by atoms with van der Waals surface area (Å²) in [5.41, 5.74) is 6.63. The zero-order valence-corrected chi connectivity index (χ0v) is 13.9. The van der Waals surface area contributed by atoms with Crippen molar-refractivity contribution in [3.8, 4) is 0 Å². The topological polar surface area (TPSA) is 49.6 Å². The lowest BCUT2D eigenvalue weighted by atomic mass is 10.2. The predicted octanol–water partition coefficient (Wildman–Crippen LogP) is 2.14. The number of halogens is 1. The van der Waals surface area contributed by atoms with Crippen LogP contribution >= 0.6 is 35.2 Å². The first kappa shape index (κ1) is 15.7. The van der Waals surface area contributed by atoms with E-state index in [4.69, 9.17) is 29.6 Å². The van der Waals surface area contributed by atoms with E-state index in [1.165, 1.54) is 11.3 Å². The Hall–Kier alpha value is -0.690. The number of hydrogen-bond acceptors (Lipinski definition) is 4. The number of hydrogen-bond donors (Lipinski definition) is 1. The highest BCUT2D eigenvalue weighted by Crippen LogP contribution is 2.28. The molecule has 2 heterocycles. The number of thiocarbonyl (C=S) groups is 1. The maximum Gasteiger partial charge on any atom is 0.265 e. The Morgan fingerprint density at radius 1 is 1.45 bits per heavy atom. The van der Waals surface area contributed by atoms with Crippen molar-refractivity contribution < 1.29 is 4.79 Å². The van der Waals surface area contributed by atoms with Crippen molar-refractivity contribution in [1.29, 1.82) is 0 Å². The van der Waals surface area contributed by atoms with Gasteiger partial charge in [0.2, 0.25) is 0 Å². The van der Waals surface area contributed by atoms with E-state index in [2.05, 4.69) is 4.90 Å². The van der Waals surface area contributed by atoms with Gasteiger partial charge in [0.25, 0.3) is 5.91 Å². The molecule has 1 aliphatic heterocycles. The Bertz CT molecular complexity index is 524. The van der Waals surface area contributed by atoms with Gasteiger partial charge in [0.05, 0.1) is 16.1 Å². The quantitative estimate of drug-likeness (QED) is 0.862. The van der Waals surface area contributed by atoms with Gasteiger partial charge in [-0.2, -0.15) is 0 Å². The van der Waals surface area contributed by atoms with E-state index < -0.39 is 0 Å². The maximum absolute atomic E-state index is 12.4. The smallest absolute Gasteiger partial charge is 0.265 e. The van der Waals surface area contributed by atoms with Crippen LogP contribution in [0.25, 0.3) is 0 Å². The first-order valence-electron chi connectivity index (χ1n) is 6.48. The van der Waals surface area contributed by atoms with Crippen LogP contribution in [-0.2, 0) is 0 Å². The van der Waals surface area contributed by atoms with Gasteiger partial charge in [0, 0.05) is 26.2 Å². The normalized spacial score (nSPS) is 18.1. The second-order valence-electron chi connectivity index (χ2n) is 4.97. The molecule has 20 heavy (non-hydrogen) atoms. The van der Waals surface area contributed by atoms with Gasteiger partial charge in [0.1, 0.15) is 4.88 Å². The number of piperazine rings is 1. The fourth-order valence-electron chi connectivity index (χ4n) is 2.21. The summed E-state index contributed by atoms with van der Waals surface area (Å²) in [6.45, 7) is 6.84. The van der Waals surface area contributed by atoms with Crippen molar-refractivity contribution in [1.82, 2.24) is 9.80 Å². The van der Waals surface area contributed by atoms with Crippen LogP contribution < -0.4 is 5.73 Å². The van der Waals surface area contributed by atoms with Crippen LogP contribution in [0.15, 0.2) is 5.38 Å². The molecule has 0 radical (unpaired) electrons. The summed E-state index contributed by atoms with van der Waals surface area (Å²) in [7, 11) is 0. The third-order valence-corrected chi connectivity index (χ3v) is 5.68. The number of thiophene rings is 1. The molecule has 1 aromatic heterocycles. The maximum atomic E-state index is 12.4. The van der Waals surface area contributed by atoms with Crippen LogP contribution in [0.1, 0.15) is 22.2 Å². The average molecular weight is 332 g/mol. The Labute approximate surface area is 133 Å². The van der Waals surface area contributed by atoms with Gasteiger partial charge in [-0.1, -0.05) is 23.8 Å². The van der Waals surface area contributed by atoms with Crippen molar-refractivity contribution in [2.24, 2.45) is 5.73 Å². The molecule has 2 rings (SSSR count). The summed E-state index contributed by atoms with van der Waals surface area (Å²) >= 11 is 12.6. The standard InChI is InChI=1S/C13H18ClN3OS2/c1-8-7-20-11(10(8)14)13(18)17-5-3-16(4-6-17)9(2)12(15)19/h7,9H,3-6H2,1-2H3,(H2,15,19). The minimum absolute atomic E-state index is 0.0238. The number of rotatable bonds is 3. The third-order valence-electron chi connectivity index (χ3n) is 3.65. The molecule has 1 aromatic rings.